The van der Waals surface area contributed by atoms with Crippen molar-refractivity contribution >= 4 is 10.9 Å². The second-order valence-electron chi connectivity index (χ2n) is 5.79. The molecule has 0 aromatic carbocycles. The van der Waals surface area contributed by atoms with E-state index in [-0.39, 0.29) is 10.9 Å². The molecule has 0 saturated heterocycles. The van der Waals surface area contributed by atoms with Gasteiger partial charge < -0.3 is 0 Å². The Balaban J connectivity index is 2.67. The van der Waals surface area contributed by atoms with Crippen molar-refractivity contribution in [3.63, 3.8) is 0 Å². The number of hydrogen-bond donors (Lipinski definition) is 1. The third kappa shape index (κ3) is 2.90. The fourth-order valence-electron chi connectivity index (χ4n) is 2.74. The first-order valence-electron chi connectivity index (χ1n) is 5.59. The SMILES string of the molecule is C[SH](C)C1CCCCC1C(C)(C)C. The lowest BCUT2D eigenvalue weighted by Gasteiger charge is -2.43. The molecule has 1 rings (SSSR count). The van der Waals surface area contributed by atoms with Gasteiger partial charge in [-0.05, 0) is 41.9 Å². The van der Waals surface area contributed by atoms with Crippen LogP contribution in [0.3, 0.4) is 0 Å². The van der Waals surface area contributed by atoms with E-state index < -0.39 is 0 Å². The molecule has 0 N–H and O–H groups in total. The molecule has 1 fully saturated rings. The van der Waals surface area contributed by atoms with E-state index in [1.807, 2.05) is 0 Å². The van der Waals surface area contributed by atoms with Gasteiger partial charge >= 0.3 is 0 Å². The van der Waals surface area contributed by atoms with Crippen LogP contribution in [0.25, 0.3) is 0 Å². The van der Waals surface area contributed by atoms with Crippen molar-refractivity contribution < 1.29 is 0 Å². The van der Waals surface area contributed by atoms with Gasteiger partial charge in [0.2, 0.25) is 0 Å². The largest absolute Gasteiger partial charge is 0.256 e. The standard InChI is InChI=1S/C12H26S/c1-12(2,3)10-8-6-7-9-11(10)13(4)5/h10-11,13H,6-9H2,1-5H3. The Morgan fingerprint density at radius 3 is 1.92 bits per heavy atom. The average Bonchev–Trinajstić information content (AvgIpc) is 2.03. The summed E-state index contributed by atoms with van der Waals surface area (Å²) in [6, 6.07) is 0. The van der Waals surface area contributed by atoms with E-state index in [4.69, 9.17) is 0 Å². The Morgan fingerprint density at radius 1 is 1.00 bits per heavy atom. The molecule has 0 radical (unpaired) electrons. The lowest BCUT2D eigenvalue weighted by molar-refractivity contribution is 0.187. The minimum Gasteiger partial charge on any atom is -0.256 e. The number of rotatable bonds is 1. The molecule has 0 spiro atoms. The van der Waals surface area contributed by atoms with Crippen molar-refractivity contribution in [3.8, 4) is 0 Å². The molecule has 0 bridgehead atoms. The van der Waals surface area contributed by atoms with Crippen LogP contribution in [0.5, 0.6) is 0 Å². The van der Waals surface area contributed by atoms with Gasteiger partial charge in [-0.2, -0.15) is 0 Å². The highest BCUT2D eigenvalue weighted by Gasteiger charge is 2.34. The predicted molar refractivity (Wildman–Crippen MR) is 66.0 cm³/mol. The Bertz CT molecular complexity index is 155. The molecular weight excluding hydrogens is 176 g/mol. The van der Waals surface area contributed by atoms with Gasteiger partial charge in [-0.3, -0.25) is 10.9 Å². The topological polar surface area (TPSA) is 0 Å². The first kappa shape index (κ1) is 11.4. The van der Waals surface area contributed by atoms with Gasteiger partial charge in [0.1, 0.15) is 0 Å². The van der Waals surface area contributed by atoms with Gasteiger partial charge in [-0.1, -0.05) is 33.6 Å². The summed E-state index contributed by atoms with van der Waals surface area (Å²) in [4.78, 5) is 0. The highest BCUT2D eigenvalue weighted by atomic mass is 32.2. The minimum atomic E-state index is 0.278. The van der Waals surface area contributed by atoms with Crippen LogP contribution < -0.4 is 0 Å². The highest BCUT2D eigenvalue weighted by Crippen LogP contribution is 2.46. The Labute approximate surface area is 86.8 Å². The van der Waals surface area contributed by atoms with E-state index in [0.717, 1.165) is 11.2 Å². The second kappa shape index (κ2) is 4.25. The monoisotopic (exact) mass is 202 g/mol. The molecule has 2 unspecified atom stereocenters. The molecule has 13 heavy (non-hydrogen) atoms. The van der Waals surface area contributed by atoms with Crippen LogP contribution in [0.15, 0.2) is 0 Å². The van der Waals surface area contributed by atoms with Crippen LogP contribution in [0, 0.1) is 11.3 Å². The van der Waals surface area contributed by atoms with Gasteiger partial charge in [0.25, 0.3) is 0 Å². The van der Waals surface area contributed by atoms with Gasteiger partial charge in [-0.25, -0.2) is 0 Å². The summed E-state index contributed by atoms with van der Waals surface area (Å²) >= 11 is 0. The zero-order valence-corrected chi connectivity index (χ0v) is 10.8. The molecule has 0 aromatic heterocycles. The van der Waals surface area contributed by atoms with E-state index >= 15 is 0 Å². The molecule has 1 aliphatic carbocycles. The fourth-order valence-corrected chi connectivity index (χ4v) is 4.75. The van der Waals surface area contributed by atoms with Crippen LogP contribution >= 0.6 is 10.9 Å². The molecule has 1 saturated carbocycles. The zero-order chi connectivity index (χ0) is 10.1. The summed E-state index contributed by atoms with van der Waals surface area (Å²) in [7, 11) is 0.278. The van der Waals surface area contributed by atoms with Crippen molar-refractivity contribution in [2.45, 2.75) is 51.7 Å². The lowest BCUT2D eigenvalue weighted by Crippen LogP contribution is -2.34. The van der Waals surface area contributed by atoms with Crippen LogP contribution in [-0.4, -0.2) is 17.8 Å². The molecular formula is C12H26S. The summed E-state index contributed by atoms with van der Waals surface area (Å²) in [6.07, 6.45) is 10.9. The molecule has 1 aliphatic rings. The lowest BCUT2D eigenvalue weighted by atomic mass is 9.72. The maximum absolute atomic E-state index is 2.46. The molecule has 0 aliphatic heterocycles. The summed E-state index contributed by atoms with van der Waals surface area (Å²) in [5.41, 5.74) is 0.539. The van der Waals surface area contributed by atoms with E-state index in [1.54, 1.807) is 0 Å². The first-order chi connectivity index (χ1) is 5.93. The smallest absolute Gasteiger partial charge is 0.0108 e. The molecule has 80 valence electrons. The zero-order valence-electron chi connectivity index (χ0n) is 9.93. The molecule has 0 amide bonds. The number of hydrogen-bond acceptors (Lipinski definition) is 0. The summed E-state index contributed by atoms with van der Waals surface area (Å²) in [6.45, 7) is 7.28. The minimum absolute atomic E-state index is 0.278. The molecule has 0 aromatic rings. The number of thiol groups is 1. The Morgan fingerprint density at radius 2 is 1.54 bits per heavy atom. The Kier molecular flexibility index (Phi) is 3.73. The molecule has 1 heteroatoms. The van der Waals surface area contributed by atoms with Crippen molar-refractivity contribution in [2.24, 2.45) is 11.3 Å². The normalized spacial score (nSPS) is 31.6. The average molecular weight is 202 g/mol. The van der Waals surface area contributed by atoms with E-state index in [0.29, 0.717) is 5.41 Å². The van der Waals surface area contributed by atoms with Crippen LogP contribution in [-0.2, 0) is 0 Å². The van der Waals surface area contributed by atoms with Crippen molar-refractivity contribution in [3.05, 3.63) is 0 Å². The quantitative estimate of drug-likeness (QED) is 0.613. The highest BCUT2D eigenvalue weighted by molar-refractivity contribution is 8.16. The third-order valence-corrected chi connectivity index (χ3v) is 5.45. The van der Waals surface area contributed by atoms with E-state index in [2.05, 4.69) is 33.3 Å². The van der Waals surface area contributed by atoms with Gasteiger partial charge in [0.15, 0.2) is 0 Å². The fraction of sp³-hybridized carbons (Fsp3) is 1.00. The van der Waals surface area contributed by atoms with Crippen LogP contribution in [0.2, 0.25) is 0 Å². The van der Waals surface area contributed by atoms with Crippen molar-refractivity contribution in [1.29, 1.82) is 0 Å². The maximum atomic E-state index is 2.46. The van der Waals surface area contributed by atoms with Gasteiger partial charge in [0, 0.05) is 0 Å². The first-order valence-corrected chi connectivity index (χ1v) is 7.90. The Hall–Kier alpha value is 0.350. The van der Waals surface area contributed by atoms with Crippen molar-refractivity contribution in [1.82, 2.24) is 0 Å². The van der Waals surface area contributed by atoms with Crippen LogP contribution in [0.4, 0.5) is 0 Å². The maximum Gasteiger partial charge on any atom is -0.0108 e. The van der Waals surface area contributed by atoms with Crippen molar-refractivity contribution in [2.75, 3.05) is 12.5 Å². The van der Waals surface area contributed by atoms with E-state index in [1.165, 1.54) is 25.7 Å². The van der Waals surface area contributed by atoms with Gasteiger partial charge in [-0.15, -0.1) is 0 Å². The van der Waals surface area contributed by atoms with Crippen LogP contribution in [0.1, 0.15) is 46.5 Å². The summed E-state index contributed by atoms with van der Waals surface area (Å²) < 4.78 is 0. The second-order valence-corrected chi connectivity index (χ2v) is 8.38. The van der Waals surface area contributed by atoms with E-state index in [9.17, 15) is 0 Å². The molecule has 0 heterocycles. The summed E-state index contributed by atoms with van der Waals surface area (Å²) in [5, 5.41) is 1.05. The summed E-state index contributed by atoms with van der Waals surface area (Å²) in [5.74, 6) is 0.988. The van der Waals surface area contributed by atoms with Gasteiger partial charge in [0.05, 0.1) is 0 Å². The third-order valence-electron chi connectivity index (χ3n) is 3.51. The molecule has 2 atom stereocenters. The molecule has 0 nitrogen and oxygen atoms in total. The predicted octanol–water partition coefficient (Wildman–Crippen LogP) is 3.85.